The van der Waals surface area contributed by atoms with Crippen molar-refractivity contribution in [2.75, 3.05) is 7.05 Å². The SMILES string of the molecule is Cc1nc2ncccn2c1C(=O)N(C)Cc1cc(C(C)C)no1. The minimum Gasteiger partial charge on any atom is -0.359 e. The number of hydrogen-bond donors (Lipinski definition) is 0. The predicted molar refractivity (Wildman–Crippen MR) is 84.1 cm³/mol. The molecule has 0 fully saturated rings. The average Bonchev–Trinajstić information content (AvgIpc) is 3.10. The first kappa shape index (κ1) is 15.2. The Balaban J connectivity index is 1.85. The summed E-state index contributed by atoms with van der Waals surface area (Å²) in [5.74, 6) is 1.34. The lowest BCUT2D eigenvalue weighted by molar-refractivity contribution is 0.0764. The molecular formula is C16H19N5O2. The van der Waals surface area contributed by atoms with Crippen molar-refractivity contribution >= 4 is 11.7 Å². The first-order chi connectivity index (χ1) is 11.0. The molecule has 7 nitrogen and oxygen atoms in total. The van der Waals surface area contributed by atoms with Gasteiger partial charge in [0.1, 0.15) is 5.69 Å². The summed E-state index contributed by atoms with van der Waals surface area (Å²) in [6.07, 6.45) is 3.44. The lowest BCUT2D eigenvalue weighted by Crippen LogP contribution is -2.27. The monoisotopic (exact) mass is 313 g/mol. The topological polar surface area (TPSA) is 76.5 Å². The van der Waals surface area contributed by atoms with Crippen LogP contribution in [0, 0.1) is 6.92 Å². The summed E-state index contributed by atoms with van der Waals surface area (Å²) in [5, 5.41) is 4.02. The molecule has 0 saturated carbocycles. The minimum absolute atomic E-state index is 0.134. The van der Waals surface area contributed by atoms with Gasteiger partial charge in [0.25, 0.3) is 5.91 Å². The van der Waals surface area contributed by atoms with Crippen molar-refractivity contribution < 1.29 is 9.32 Å². The van der Waals surface area contributed by atoms with Crippen LogP contribution in [0.3, 0.4) is 0 Å². The maximum Gasteiger partial charge on any atom is 0.272 e. The zero-order chi connectivity index (χ0) is 16.6. The van der Waals surface area contributed by atoms with E-state index in [2.05, 4.69) is 15.1 Å². The quantitative estimate of drug-likeness (QED) is 0.739. The van der Waals surface area contributed by atoms with Gasteiger partial charge in [0.15, 0.2) is 5.76 Å². The molecule has 23 heavy (non-hydrogen) atoms. The molecule has 0 saturated heterocycles. The number of aromatic nitrogens is 4. The molecule has 3 aromatic heterocycles. The van der Waals surface area contributed by atoms with Crippen molar-refractivity contribution in [1.29, 1.82) is 0 Å². The summed E-state index contributed by atoms with van der Waals surface area (Å²) in [5.41, 5.74) is 2.05. The highest BCUT2D eigenvalue weighted by Crippen LogP contribution is 2.17. The van der Waals surface area contributed by atoms with E-state index < -0.39 is 0 Å². The number of aryl methyl sites for hydroxylation is 1. The van der Waals surface area contributed by atoms with E-state index in [0.717, 1.165) is 5.69 Å². The van der Waals surface area contributed by atoms with E-state index in [4.69, 9.17) is 4.52 Å². The van der Waals surface area contributed by atoms with E-state index in [9.17, 15) is 4.79 Å². The number of amides is 1. The number of imidazole rings is 1. The predicted octanol–water partition coefficient (Wildman–Crippen LogP) is 2.42. The van der Waals surface area contributed by atoms with Crippen LogP contribution >= 0.6 is 0 Å². The van der Waals surface area contributed by atoms with Crippen molar-refractivity contribution in [2.45, 2.75) is 33.2 Å². The molecule has 0 radical (unpaired) electrons. The number of carbonyl (C=O) groups excluding carboxylic acids is 1. The summed E-state index contributed by atoms with van der Waals surface area (Å²) in [4.78, 5) is 22.8. The first-order valence-corrected chi connectivity index (χ1v) is 7.48. The fraction of sp³-hybridized carbons (Fsp3) is 0.375. The third kappa shape index (κ3) is 2.81. The lowest BCUT2D eigenvalue weighted by atomic mass is 10.1. The van der Waals surface area contributed by atoms with Crippen LogP contribution in [-0.2, 0) is 6.54 Å². The van der Waals surface area contributed by atoms with Gasteiger partial charge in [-0.1, -0.05) is 19.0 Å². The number of nitrogens with zero attached hydrogens (tertiary/aromatic N) is 5. The summed E-state index contributed by atoms with van der Waals surface area (Å²) < 4.78 is 7.01. The molecule has 0 aromatic carbocycles. The largest absolute Gasteiger partial charge is 0.359 e. The van der Waals surface area contributed by atoms with Crippen molar-refractivity contribution in [3.05, 3.63) is 47.4 Å². The molecule has 0 spiro atoms. The smallest absolute Gasteiger partial charge is 0.272 e. The van der Waals surface area contributed by atoms with E-state index in [1.807, 2.05) is 19.9 Å². The Labute approximate surface area is 133 Å². The van der Waals surface area contributed by atoms with Gasteiger partial charge in [0.05, 0.1) is 17.9 Å². The zero-order valence-electron chi connectivity index (χ0n) is 13.6. The third-order valence-electron chi connectivity index (χ3n) is 3.69. The van der Waals surface area contributed by atoms with E-state index in [0.29, 0.717) is 35.4 Å². The summed E-state index contributed by atoms with van der Waals surface area (Å²) in [6.45, 7) is 6.25. The van der Waals surface area contributed by atoms with Gasteiger partial charge in [0.2, 0.25) is 5.78 Å². The fourth-order valence-electron chi connectivity index (χ4n) is 2.42. The van der Waals surface area contributed by atoms with Crippen LogP contribution in [0.15, 0.2) is 29.0 Å². The van der Waals surface area contributed by atoms with Crippen LogP contribution in [0.4, 0.5) is 0 Å². The Bertz CT molecular complexity index is 849. The molecule has 0 aliphatic heterocycles. The molecule has 3 rings (SSSR count). The van der Waals surface area contributed by atoms with Crippen molar-refractivity contribution in [2.24, 2.45) is 0 Å². The highest BCUT2D eigenvalue weighted by Gasteiger charge is 2.21. The number of hydrogen-bond acceptors (Lipinski definition) is 5. The summed E-state index contributed by atoms with van der Waals surface area (Å²) >= 11 is 0. The molecule has 3 heterocycles. The highest BCUT2D eigenvalue weighted by atomic mass is 16.5. The standard InChI is InChI=1S/C16H19N5O2/c1-10(2)13-8-12(23-19-13)9-20(4)15(22)14-11(3)18-16-17-6-5-7-21(14)16/h5-8,10H,9H2,1-4H3. The fourth-order valence-corrected chi connectivity index (χ4v) is 2.42. The molecule has 0 unspecified atom stereocenters. The second kappa shape index (κ2) is 5.83. The van der Waals surface area contributed by atoms with Crippen LogP contribution in [0.2, 0.25) is 0 Å². The Morgan fingerprint density at radius 3 is 2.91 bits per heavy atom. The highest BCUT2D eigenvalue weighted by molar-refractivity contribution is 5.94. The molecule has 0 atom stereocenters. The normalized spacial score (nSPS) is 11.3. The molecule has 0 bridgehead atoms. The Morgan fingerprint density at radius 2 is 2.22 bits per heavy atom. The lowest BCUT2D eigenvalue weighted by Gasteiger charge is -2.15. The number of rotatable bonds is 4. The Hall–Kier alpha value is -2.70. The van der Waals surface area contributed by atoms with Gasteiger partial charge in [-0.3, -0.25) is 9.20 Å². The van der Waals surface area contributed by atoms with Crippen LogP contribution in [0.5, 0.6) is 0 Å². The molecule has 3 aromatic rings. The Kier molecular flexibility index (Phi) is 3.85. The van der Waals surface area contributed by atoms with Gasteiger partial charge in [-0.15, -0.1) is 0 Å². The second-order valence-corrected chi connectivity index (χ2v) is 5.87. The van der Waals surface area contributed by atoms with Crippen LogP contribution < -0.4 is 0 Å². The van der Waals surface area contributed by atoms with E-state index in [1.54, 1.807) is 41.7 Å². The van der Waals surface area contributed by atoms with Gasteiger partial charge in [0, 0.05) is 25.5 Å². The molecule has 0 N–H and O–H groups in total. The van der Waals surface area contributed by atoms with Gasteiger partial charge < -0.3 is 9.42 Å². The van der Waals surface area contributed by atoms with Gasteiger partial charge in [-0.25, -0.2) is 9.97 Å². The zero-order valence-corrected chi connectivity index (χ0v) is 13.6. The minimum atomic E-state index is -0.134. The Morgan fingerprint density at radius 1 is 1.43 bits per heavy atom. The van der Waals surface area contributed by atoms with E-state index in [-0.39, 0.29) is 5.91 Å². The van der Waals surface area contributed by atoms with Crippen molar-refractivity contribution in [1.82, 2.24) is 24.4 Å². The average molecular weight is 313 g/mol. The summed E-state index contributed by atoms with van der Waals surface area (Å²) in [6, 6.07) is 3.66. The van der Waals surface area contributed by atoms with Crippen LogP contribution in [0.25, 0.3) is 5.78 Å². The third-order valence-corrected chi connectivity index (χ3v) is 3.69. The van der Waals surface area contributed by atoms with Gasteiger partial charge in [-0.05, 0) is 18.9 Å². The molecule has 120 valence electrons. The maximum atomic E-state index is 12.8. The van der Waals surface area contributed by atoms with Crippen LogP contribution in [-0.4, -0.2) is 37.4 Å². The maximum absolute atomic E-state index is 12.8. The van der Waals surface area contributed by atoms with E-state index in [1.165, 1.54) is 0 Å². The number of carbonyl (C=O) groups is 1. The van der Waals surface area contributed by atoms with Crippen molar-refractivity contribution in [3.63, 3.8) is 0 Å². The first-order valence-electron chi connectivity index (χ1n) is 7.48. The molecular weight excluding hydrogens is 294 g/mol. The second-order valence-electron chi connectivity index (χ2n) is 5.87. The van der Waals surface area contributed by atoms with Crippen LogP contribution in [0.1, 0.15) is 47.4 Å². The summed E-state index contributed by atoms with van der Waals surface area (Å²) in [7, 11) is 1.73. The number of fused-ring (bicyclic) bond motifs is 1. The van der Waals surface area contributed by atoms with Gasteiger partial charge in [-0.2, -0.15) is 0 Å². The van der Waals surface area contributed by atoms with Crippen molar-refractivity contribution in [3.8, 4) is 0 Å². The van der Waals surface area contributed by atoms with Gasteiger partial charge >= 0.3 is 0 Å². The molecule has 0 aliphatic rings. The molecule has 0 aliphatic carbocycles. The molecule has 7 heteroatoms. The van der Waals surface area contributed by atoms with E-state index >= 15 is 0 Å². The molecule has 1 amide bonds.